The van der Waals surface area contributed by atoms with Crippen LogP contribution in [0.2, 0.25) is 0 Å². The molecule has 1 aliphatic rings. The molecule has 5 nitrogen and oxygen atoms in total. The smallest absolute Gasteiger partial charge is 0.336 e. The molecule has 7 heteroatoms. The van der Waals surface area contributed by atoms with Gasteiger partial charge in [-0.15, -0.1) is 0 Å². The Morgan fingerprint density at radius 3 is 2.19 bits per heavy atom. The SMILES string of the molecule is CN(C)Cc1ccc(C2Nc3cc(F)cc(C(=O)O)c3C(=O)C2c2ccc(F)cc2)cc1. The number of Topliss-reactive ketones (excluding diaryl/α,β-unsaturated/α-hetero) is 1. The zero-order valence-corrected chi connectivity index (χ0v) is 17.6. The molecule has 0 bridgehead atoms. The van der Waals surface area contributed by atoms with Gasteiger partial charge in [-0.1, -0.05) is 36.4 Å². The quantitative estimate of drug-likeness (QED) is 0.598. The zero-order chi connectivity index (χ0) is 23.0. The van der Waals surface area contributed by atoms with E-state index in [1.807, 2.05) is 43.3 Å². The number of halogens is 2. The fourth-order valence-corrected chi connectivity index (χ4v) is 4.20. The van der Waals surface area contributed by atoms with E-state index in [9.17, 15) is 23.5 Å². The van der Waals surface area contributed by atoms with Crippen LogP contribution in [0.1, 0.15) is 49.4 Å². The van der Waals surface area contributed by atoms with Crippen LogP contribution in [0.3, 0.4) is 0 Å². The number of rotatable bonds is 5. The van der Waals surface area contributed by atoms with Gasteiger partial charge in [-0.25, -0.2) is 13.6 Å². The summed E-state index contributed by atoms with van der Waals surface area (Å²) in [5, 5.41) is 12.7. The van der Waals surface area contributed by atoms with Crippen molar-refractivity contribution in [1.29, 1.82) is 0 Å². The summed E-state index contributed by atoms with van der Waals surface area (Å²) in [5.74, 6) is -3.85. The number of carboxylic acids is 1. The van der Waals surface area contributed by atoms with E-state index in [1.54, 1.807) is 0 Å². The average Bonchev–Trinajstić information content (AvgIpc) is 2.74. The molecule has 1 heterocycles. The third-order valence-corrected chi connectivity index (χ3v) is 5.57. The molecule has 2 N–H and O–H groups in total. The lowest BCUT2D eigenvalue weighted by Crippen LogP contribution is -2.33. The molecule has 0 radical (unpaired) electrons. The van der Waals surface area contributed by atoms with E-state index in [-0.39, 0.29) is 11.3 Å². The van der Waals surface area contributed by atoms with Crippen molar-refractivity contribution in [1.82, 2.24) is 4.90 Å². The van der Waals surface area contributed by atoms with Crippen LogP contribution in [-0.4, -0.2) is 35.9 Å². The van der Waals surface area contributed by atoms with E-state index < -0.39 is 40.9 Å². The Kier molecular flexibility index (Phi) is 5.76. The lowest BCUT2D eigenvalue weighted by molar-refractivity contribution is 0.0690. The molecule has 1 aliphatic heterocycles. The Hall–Kier alpha value is -3.58. The highest BCUT2D eigenvalue weighted by molar-refractivity contribution is 6.14. The second-order valence-electron chi connectivity index (χ2n) is 8.18. The molecule has 0 saturated carbocycles. The van der Waals surface area contributed by atoms with Crippen molar-refractivity contribution < 1.29 is 23.5 Å². The number of nitrogens with one attached hydrogen (secondary N) is 1. The number of aromatic carboxylic acids is 1. The molecule has 2 atom stereocenters. The number of benzene rings is 3. The van der Waals surface area contributed by atoms with Gasteiger partial charge in [0.05, 0.1) is 23.1 Å². The van der Waals surface area contributed by atoms with Gasteiger partial charge < -0.3 is 15.3 Å². The number of anilines is 1. The molecule has 0 amide bonds. The summed E-state index contributed by atoms with van der Waals surface area (Å²) in [6.45, 7) is 0.745. The van der Waals surface area contributed by atoms with Gasteiger partial charge >= 0.3 is 5.97 Å². The molecule has 0 saturated heterocycles. The number of fused-ring (bicyclic) bond motifs is 1. The van der Waals surface area contributed by atoms with Crippen molar-refractivity contribution >= 4 is 17.4 Å². The third-order valence-electron chi connectivity index (χ3n) is 5.57. The summed E-state index contributed by atoms with van der Waals surface area (Å²) in [7, 11) is 3.93. The summed E-state index contributed by atoms with van der Waals surface area (Å²) >= 11 is 0. The third kappa shape index (κ3) is 4.11. The fraction of sp³-hybridized carbons (Fsp3) is 0.200. The van der Waals surface area contributed by atoms with Crippen molar-refractivity contribution in [3.05, 3.63) is 100 Å². The van der Waals surface area contributed by atoms with E-state index in [0.29, 0.717) is 5.56 Å². The normalized spacial score (nSPS) is 17.7. The monoisotopic (exact) mass is 436 g/mol. The molecule has 164 valence electrons. The molecule has 3 aromatic rings. The maximum atomic E-state index is 14.1. The molecule has 0 aliphatic carbocycles. The first kappa shape index (κ1) is 21.6. The predicted octanol–water partition coefficient (Wildman–Crippen LogP) is 4.86. The lowest BCUT2D eigenvalue weighted by Gasteiger charge is -2.35. The first-order valence-electron chi connectivity index (χ1n) is 10.1. The van der Waals surface area contributed by atoms with E-state index in [1.165, 1.54) is 24.3 Å². The zero-order valence-electron chi connectivity index (χ0n) is 17.6. The number of carboxylic acid groups (broad SMARTS) is 1. The van der Waals surface area contributed by atoms with E-state index >= 15 is 0 Å². The van der Waals surface area contributed by atoms with Gasteiger partial charge in [0, 0.05) is 12.2 Å². The maximum Gasteiger partial charge on any atom is 0.336 e. The van der Waals surface area contributed by atoms with Gasteiger partial charge in [0.25, 0.3) is 0 Å². The minimum atomic E-state index is -1.39. The number of nitrogens with zero attached hydrogens (tertiary/aromatic N) is 1. The van der Waals surface area contributed by atoms with Gasteiger partial charge in [0.1, 0.15) is 11.6 Å². The van der Waals surface area contributed by atoms with Gasteiger partial charge in [0.15, 0.2) is 5.78 Å². The molecular formula is C25H22F2N2O3. The van der Waals surface area contributed by atoms with Gasteiger partial charge in [-0.2, -0.15) is 0 Å². The molecule has 4 rings (SSSR count). The Bertz CT molecular complexity index is 1180. The van der Waals surface area contributed by atoms with Crippen LogP contribution in [0.25, 0.3) is 0 Å². The van der Waals surface area contributed by atoms with E-state index in [2.05, 4.69) is 5.32 Å². The van der Waals surface area contributed by atoms with E-state index in [4.69, 9.17) is 0 Å². The average molecular weight is 436 g/mol. The van der Waals surface area contributed by atoms with Crippen LogP contribution in [0.15, 0.2) is 60.7 Å². The topological polar surface area (TPSA) is 69.6 Å². The molecule has 32 heavy (non-hydrogen) atoms. The standard InChI is InChI=1S/C25H22F2N2O3/c1-29(2)13-14-3-5-16(6-4-14)23-21(15-7-9-17(26)10-8-15)24(30)22-19(25(31)32)11-18(27)12-20(22)28-23/h3-12,21,23,28H,13H2,1-2H3,(H,31,32). The summed E-state index contributed by atoms with van der Waals surface area (Å²) in [6, 6.07) is 14.6. The first-order valence-corrected chi connectivity index (χ1v) is 10.1. The van der Waals surface area contributed by atoms with Gasteiger partial charge in [-0.05, 0) is 55.1 Å². The summed E-state index contributed by atoms with van der Waals surface area (Å²) in [5.41, 5.74) is 2.06. The number of ketones is 1. The molecule has 2 unspecified atom stereocenters. The Morgan fingerprint density at radius 2 is 1.59 bits per heavy atom. The second-order valence-corrected chi connectivity index (χ2v) is 8.18. The largest absolute Gasteiger partial charge is 0.478 e. The lowest BCUT2D eigenvalue weighted by atomic mass is 9.77. The Labute approximate surface area is 184 Å². The highest BCUT2D eigenvalue weighted by Gasteiger charge is 2.40. The Balaban J connectivity index is 1.85. The van der Waals surface area contributed by atoms with Crippen LogP contribution < -0.4 is 5.32 Å². The van der Waals surface area contributed by atoms with Crippen molar-refractivity contribution in [3.8, 4) is 0 Å². The van der Waals surface area contributed by atoms with Crippen LogP contribution in [0.4, 0.5) is 14.5 Å². The summed E-state index contributed by atoms with van der Waals surface area (Å²) in [4.78, 5) is 27.4. The second kappa shape index (κ2) is 8.51. The number of carbonyl (C=O) groups is 2. The minimum absolute atomic E-state index is 0.0753. The van der Waals surface area contributed by atoms with Crippen molar-refractivity contribution in [2.75, 3.05) is 19.4 Å². The first-order chi connectivity index (χ1) is 15.2. The molecule has 3 aromatic carbocycles. The van der Waals surface area contributed by atoms with Crippen molar-refractivity contribution in [2.45, 2.75) is 18.5 Å². The van der Waals surface area contributed by atoms with Crippen molar-refractivity contribution in [3.63, 3.8) is 0 Å². The maximum absolute atomic E-state index is 14.1. The Morgan fingerprint density at radius 1 is 0.969 bits per heavy atom. The number of carbonyl (C=O) groups excluding carboxylic acids is 1. The van der Waals surface area contributed by atoms with Crippen LogP contribution in [0, 0.1) is 11.6 Å². The highest BCUT2D eigenvalue weighted by atomic mass is 19.1. The summed E-state index contributed by atoms with van der Waals surface area (Å²) in [6.07, 6.45) is 0. The molecule has 0 spiro atoms. The van der Waals surface area contributed by atoms with E-state index in [0.717, 1.165) is 29.8 Å². The summed E-state index contributed by atoms with van der Waals surface area (Å²) < 4.78 is 27.7. The highest BCUT2D eigenvalue weighted by Crippen LogP contribution is 2.44. The minimum Gasteiger partial charge on any atom is -0.478 e. The van der Waals surface area contributed by atoms with Crippen LogP contribution in [-0.2, 0) is 6.54 Å². The molecular weight excluding hydrogens is 414 g/mol. The van der Waals surface area contributed by atoms with Gasteiger partial charge in [0.2, 0.25) is 0 Å². The van der Waals surface area contributed by atoms with Crippen LogP contribution >= 0.6 is 0 Å². The molecule has 0 fully saturated rings. The number of hydrogen-bond donors (Lipinski definition) is 2. The van der Waals surface area contributed by atoms with Crippen LogP contribution in [0.5, 0.6) is 0 Å². The predicted molar refractivity (Wildman–Crippen MR) is 117 cm³/mol. The van der Waals surface area contributed by atoms with Crippen molar-refractivity contribution in [2.24, 2.45) is 0 Å². The number of hydrogen-bond acceptors (Lipinski definition) is 4. The van der Waals surface area contributed by atoms with Gasteiger partial charge in [-0.3, -0.25) is 4.79 Å². The fourth-order valence-electron chi connectivity index (χ4n) is 4.20. The molecule has 0 aromatic heterocycles.